The van der Waals surface area contributed by atoms with Crippen molar-refractivity contribution in [2.45, 2.75) is 26.7 Å². The molecule has 0 unspecified atom stereocenters. The Morgan fingerprint density at radius 3 is 2.67 bits per heavy atom. The predicted molar refractivity (Wildman–Crippen MR) is 66.0 cm³/mol. The molecule has 0 aliphatic carbocycles. The number of aryl methyl sites for hydroxylation is 1. The minimum Gasteiger partial charge on any atom is -0.298 e. The van der Waals surface area contributed by atoms with Gasteiger partial charge in [-0.1, -0.05) is 19.9 Å². The lowest BCUT2D eigenvalue weighted by Gasteiger charge is -2.04. The van der Waals surface area contributed by atoms with Crippen LogP contribution in [0.1, 0.15) is 40.6 Å². The van der Waals surface area contributed by atoms with Gasteiger partial charge in [-0.05, 0) is 30.5 Å². The molecule has 0 N–H and O–H groups in total. The van der Waals surface area contributed by atoms with Gasteiger partial charge in [0, 0.05) is 20.5 Å². The van der Waals surface area contributed by atoms with Crippen LogP contribution < -0.4 is 0 Å². The fourth-order valence-corrected chi connectivity index (χ4v) is 2.78. The van der Waals surface area contributed by atoms with Gasteiger partial charge in [0.25, 0.3) is 0 Å². The summed E-state index contributed by atoms with van der Waals surface area (Å²) in [7, 11) is 0. The molecule has 0 bridgehead atoms. The molecule has 0 atom stereocenters. The average Bonchev–Trinajstić information content (AvgIpc) is 2.51. The Kier molecular flexibility index (Phi) is 2.61. The van der Waals surface area contributed by atoms with Crippen molar-refractivity contribution in [3.8, 4) is 0 Å². The predicted octanol–water partition coefficient (Wildman–Crippen LogP) is 4.15. The Morgan fingerprint density at radius 2 is 2.07 bits per heavy atom. The highest BCUT2D eigenvalue weighted by Crippen LogP contribution is 2.31. The zero-order chi connectivity index (χ0) is 11.0. The Balaban J connectivity index is 2.73. The van der Waals surface area contributed by atoms with Gasteiger partial charge in [0.15, 0.2) is 6.29 Å². The topological polar surface area (TPSA) is 17.1 Å². The van der Waals surface area contributed by atoms with Gasteiger partial charge in [-0.2, -0.15) is 0 Å². The van der Waals surface area contributed by atoms with Crippen LogP contribution in [0.3, 0.4) is 0 Å². The van der Waals surface area contributed by atoms with E-state index < -0.39 is 0 Å². The first-order chi connectivity index (χ1) is 7.13. The molecular formula is C13H14OS. The van der Waals surface area contributed by atoms with Crippen LogP contribution in [0, 0.1) is 6.92 Å². The van der Waals surface area contributed by atoms with Crippen LogP contribution in [0.5, 0.6) is 0 Å². The lowest BCUT2D eigenvalue weighted by atomic mass is 10.0. The van der Waals surface area contributed by atoms with Crippen LogP contribution in [0.15, 0.2) is 18.2 Å². The number of fused-ring (bicyclic) bond motifs is 1. The number of carbonyl (C=O) groups is 1. The molecule has 1 aromatic carbocycles. The smallest absolute Gasteiger partial charge is 0.151 e. The van der Waals surface area contributed by atoms with Gasteiger partial charge in [-0.15, -0.1) is 11.3 Å². The van der Waals surface area contributed by atoms with Crippen molar-refractivity contribution >= 4 is 27.7 Å². The van der Waals surface area contributed by atoms with Crippen LogP contribution in [0.4, 0.5) is 0 Å². The summed E-state index contributed by atoms with van der Waals surface area (Å²) in [5.74, 6) is 0.508. The van der Waals surface area contributed by atoms with E-state index in [0.717, 1.165) is 22.1 Å². The fraction of sp³-hybridized carbons (Fsp3) is 0.308. The van der Waals surface area contributed by atoms with Crippen LogP contribution in [0.2, 0.25) is 0 Å². The minimum absolute atomic E-state index is 0.508. The van der Waals surface area contributed by atoms with E-state index >= 15 is 0 Å². The van der Waals surface area contributed by atoms with Gasteiger partial charge < -0.3 is 0 Å². The molecule has 0 aliphatic heterocycles. The van der Waals surface area contributed by atoms with Gasteiger partial charge in [-0.3, -0.25) is 4.79 Å². The van der Waals surface area contributed by atoms with Crippen molar-refractivity contribution in [1.29, 1.82) is 0 Å². The zero-order valence-electron chi connectivity index (χ0n) is 9.20. The Labute approximate surface area is 93.7 Å². The molecule has 2 rings (SSSR count). The lowest BCUT2D eigenvalue weighted by Crippen LogP contribution is -1.87. The zero-order valence-corrected chi connectivity index (χ0v) is 10.0. The number of rotatable bonds is 2. The minimum atomic E-state index is 0.508. The summed E-state index contributed by atoms with van der Waals surface area (Å²) in [5, 5.41) is 1.11. The van der Waals surface area contributed by atoms with E-state index in [2.05, 4.69) is 32.0 Å². The molecule has 0 amide bonds. The molecule has 15 heavy (non-hydrogen) atoms. The van der Waals surface area contributed by atoms with E-state index in [1.54, 1.807) is 11.3 Å². The number of thiophene rings is 1. The maximum Gasteiger partial charge on any atom is 0.151 e. The molecular weight excluding hydrogens is 204 g/mol. The molecule has 78 valence electrons. The summed E-state index contributed by atoms with van der Waals surface area (Å²) in [4.78, 5) is 12.1. The van der Waals surface area contributed by atoms with Crippen molar-refractivity contribution in [2.24, 2.45) is 0 Å². The second kappa shape index (κ2) is 3.78. The van der Waals surface area contributed by atoms with Gasteiger partial charge in [0.05, 0.1) is 0 Å². The third-order valence-electron chi connectivity index (χ3n) is 2.72. The van der Waals surface area contributed by atoms with Crippen molar-refractivity contribution in [2.75, 3.05) is 0 Å². The first-order valence-electron chi connectivity index (χ1n) is 5.11. The summed E-state index contributed by atoms with van der Waals surface area (Å²) in [6.07, 6.45) is 0.971. The summed E-state index contributed by atoms with van der Waals surface area (Å²) in [6, 6.07) is 6.42. The molecule has 0 radical (unpaired) electrons. The number of benzene rings is 1. The van der Waals surface area contributed by atoms with Gasteiger partial charge in [-0.25, -0.2) is 0 Å². The summed E-state index contributed by atoms with van der Waals surface area (Å²) < 4.78 is 1.21. The van der Waals surface area contributed by atoms with E-state index in [-0.39, 0.29) is 0 Å². The molecule has 0 spiro atoms. The maximum absolute atomic E-state index is 11.0. The fourth-order valence-electron chi connectivity index (χ4n) is 1.76. The van der Waals surface area contributed by atoms with Gasteiger partial charge in [0.2, 0.25) is 0 Å². The molecule has 0 fully saturated rings. The van der Waals surface area contributed by atoms with Crippen molar-refractivity contribution in [3.05, 3.63) is 34.2 Å². The number of hydrogen-bond acceptors (Lipinski definition) is 2. The van der Waals surface area contributed by atoms with E-state index in [1.807, 2.05) is 6.92 Å². The highest BCUT2D eigenvalue weighted by Gasteiger charge is 2.09. The molecule has 0 saturated heterocycles. The van der Waals surface area contributed by atoms with Crippen LogP contribution in [-0.4, -0.2) is 6.29 Å². The molecule has 2 aromatic rings. The van der Waals surface area contributed by atoms with E-state index in [9.17, 15) is 4.79 Å². The largest absolute Gasteiger partial charge is 0.298 e. The van der Waals surface area contributed by atoms with Crippen LogP contribution >= 0.6 is 11.3 Å². The number of carbonyl (C=O) groups excluding carboxylic acids is 1. The maximum atomic E-state index is 11.0. The Hall–Kier alpha value is -1.15. The van der Waals surface area contributed by atoms with Gasteiger partial charge in [0.1, 0.15) is 0 Å². The van der Waals surface area contributed by atoms with Crippen LogP contribution in [0.25, 0.3) is 10.1 Å². The first-order valence-corrected chi connectivity index (χ1v) is 5.93. The highest BCUT2D eigenvalue weighted by molar-refractivity contribution is 7.19. The summed E-state index contributed by atoms with van der Waals surface area (Å²) in [6.45, 7) is 6.34. The summed E-state index contributed by atoms with van der Waals surface area (Å²) >= 11 is 1.69. The standard InChI is InChI=1S/C13H14OS/c1-8(2)10-4-5-13-11(6-10)12(7-14)9(3)15-13/h4-8H,1-3H3. The normalized spacial score (nSPS) is 11.2. The second-order valence-corrected chi connectivity index (χ2v) is 5.36. The van der Waals surface area contributed by atoms with E-state index in [0.29, 0.717) is 5.92 Å². The molecule has 1 heterocycles. The molecule has 0 saturated carbocycles. The first kappa shape index (κ1) is 10.4. The third-order valence-corrected chi connectivity index (χ3v) is 3.82. The lowest BCUT2D eigenvalue weighted by molar-refractivity contribution is 0.112. The van der Waals surface area contributed by atoms with Crippen molar-refractivity contribution < 1.29 is 4.79 Å². The molecule has 2 heteroatoms. The number of hydrogen-bond donors (Lipinski definition) is 0. The summed E-state index contributed by atoms with van der Waals surface area (Å²) in [5.41, 5.74) is 2.15. The highest BCUT2D eigenvalue weighted by atomic mass is 32.1. The molecule has 0 aliphatic rings. The Bertz CT molecular complexity index is 508. The SMILES string of the molecule is Cc1sc2ccc(C(C)C)cc2c1C=O. The van der Waals surface area contributed by atoms with Crippen molar-refractivity contribution in [3.63, 3.8) is 0 Å². The third kappa shape index (κ3) is 1.70. The van der Waals surface area contributed by atoms with Gasteiger partial charge >= 0.3 is 0 Å². The Morgan fingerprint density at radius 1 is 1.33 bits per heavy atom. The quantitative estimate of drug-likeness (QED) is 0.692. The number of aldehydes is 1. The van der Waals surface area contributed by atoms with Crippen molar-refractivity contribution in [1.82, 2.24) is 0 Å². The van der Waals surface area contributed by atoms with E-state index in [1.165, 1.54) is 10.3 Å². The average molecular weight is 218 g/mol. The van der Waals surface area contributed by atoms with E-state index in [4.69, 9.17) is 0 Å². The molecule has 1 aromatic heterocycles. The monoisotopic (exact) mass is 218 g/mol. The molecule has 1 nitrogen and oxygen atoms in total. The van der Waals surface area contributed by atoms with Crippen LogP contribution in [-0.2, 0) is 0 Å². The second-order valence-electron chi connectivity index (χ2n) is 4.10.